The Hall–Kier alpha value is -2.55. The molecule has 238 valence electrons. The molecule has 2 heteroatoms. The summed E-state index contributed by atoms with van der Waals surface area (Å²) in [6, 6.07) is 35.4. The van der Waals surface area contributed by atoms with Crippen LogP contribution in [0.1, 0.15) is 93.1 Å². The van der Waals surface area contributed by atoms with Crippen molar-refractivity contribution in [1.29, 1.82) is 0 Å². The van der Waals surface area contributed by atoms with Gasteiger partial charge in [-0.25, -0.2) is 0 Å². The Kier molecular flexibility index (Phi) is 10.1. The Morgan fingerprint density at radius 2 is 0.935 bits per heavy atom. The van der Waals surface area contributed by atoms with Crippen molar-refractivity contribution < 1.29 is 17.1 Å². The molecule has 2 atom stereocenters. The molecule has 0 aromatic heterocycles. The Labute approximate surface area is 280 Å². The minimum absolute atomic E-state index is 0.579. The van der Waals surface area contributed by atoms with Gasteiger partial charge >= 0.3 is 283 Å². The van der Waals surface area contributed by atoms with Gasteiger partial charge < -0.3 is 0 Å². The van der Waals surface area contributed by atoms with Crippen molar-refractivity contribution in [2.75, 3.05) is 0 Å². The SMILES string of the molecule is CCCCC[Si](CCCCC)=[Hf]([CH3])([CH3])([CH]1C=Cc2c(-c3ccccc3C)cccc21)[CH]1C=Cc2c(-c3ccccc3C)cccc21. The Bertz CT molecular complexity index is 1730. The molecule has 0 fully saturated rings. The van der Waals surface area contributed by atoms with Gasteiger partial charge in [0.25, 0.3) is 0 Å². The summed E-state index contributed by atoms with van der Waals surface area (Å²) in [6.07, 6.45) is 18.7. The molecular weight excluding hydrogens is 735 g/mol. The quantitative estimate of drug-likeness (QED) is 0.0991. The molecule has 0 amide bonds. The van der Waals surface area contributed by atoms with E-state index >= 15 is 0 Å². The molecular formula is C44H54HfSi. The molecule has 0 heterocycles. The molecule has 2 aliphatic carbocycles. The van der Waals surface area contributed by atoms with E-state index in [0.717, 1.165) is 0 Å². The summed E-state index contributed by atoms with van der Waals surface area (Å²) in [5, 5.41) is 0. The number of rotatable bonds is 12. The van der Waals surface area contributed by atoms with Crippen LogP contribution in [0.3, 0.4) is 0 Å². The summed E-state index contributed by atoms with van der Waals surface area (Å²) in [4.78, 5) is 0. The summed E-state index contributed by atoms with van der Waals surface area (Å²) in [7, 11) is 0. The summed E-state index contributed by atoms with van der Waals surface area (Å²) >= 11 is -3.94. The van der Waals surface area contributed by atoms with Gasteiger partial charge in [-0.1, -0.05) is 0 Å². The van der Waals surface area contributed by atoms with Crippen LogP contribution >= 0.6 is 0 Å². The number of allylic oxidation sites excluding steroid dienone is 2. The molecule has 0 saturated heterocycles. The van der Waals surface area contributed by atoms with Gasteiger partial charge in [0.1, 0.15) is 0 Å². The maximum absolute atomic E-state index is 3.94. The fourth-order valence-corrected chi connectivity index (χ4v) is 62.7. The number of hydrogen-bond donors (Lipinski definition) is 0. The van der Waals surface area contributed by atoms with Gasteiger partial charge in [0, 0.05) is 0 Å². The van der Waals surface area contributed by atoms with Crippen LogP contribution in [0.15, 0.2) is 97.1 Å². The summed E-state index contributed by atoms with van der Waals surface area (Å²) in [5.41, 5.74) is 14.0. The van der Waals surface area contributed by atoms with Crippen LogP contribution in [0, 0.1) is 13.8 Å². The molecule has 0 aliphatic heterocycles. The van der Waals surface area contributed by atoms with E-state index in [4.69, 9.17) is 0 Å². The van der Waals surface area contributed by atoms with Crippen LogP contribution in [0.4, 0.5) is 0 Å². The van der Waals surface area contributed by atoms with Crippen molar-refractivity contribution in [3.05, 3.63) is 130 Å². The normalized spacial score (nSPS) is 16.9. The van der Waals surface area contributed by atoms with E-state index in [1.807, 2.05) is 0 Å². The van der Waals surface area contributed by atoms with E-state index in [2.05, 4.69) is 146 Å². The van der Waals surface area contributed by atoms with Gasteiger partial charge in [-0.3, -0.25) is 0 Å². The Balaban J connectivity index is 1.59. The zero-order chi connectivity index (χ0) is 32.3. The Morgan fingerprint density at radius 3 is 1.35 bits per heavy atom. The summed E-state index contributed by atoms with van der Waals surface area (Å²) in [5.74, 6) is 0. The van der Waals surface area contributed by atoms with E-state index in [9.17, 15) is 0 Å². The van der Waals surface area contributed by atoms with Gasteiger partial charge in [0.05, 0.1) is 0 Å². The van der Waals surface area contributed by atoms with E-state index < -0.39 is 22.6 Å². The van der Waals surface area contributed by atoms with Crippen molar-refractivity contribution in [2.24, 2.45) is 0 Å². The standard InChI is InChI=1S/2C16H13.C10H22Si.2CH3.Hf/c2*1-12-6-2-3-9-14(12)16-11-5-8-13-7-4-10-15(13)16;1-3-5-7-9-11-10-8-6-4-2;;;/h2*2-11H,1H3;3-10H2,1-2H3;2*1H3;. The van der Waals surface area contributed by atoms with Gasteiger partial charge in [-0.15, -0.1) is 0 Å². The molecule has 0 nitrogen and oxygen atoms in total. The molecule has 0 N–H and O–H groups in total. The molecule has 0 radical (unpaired) electrons. The summed E-state index contributed by atoms with van der Waals surface area (Å²) in [6.45, 7) is 9.29. The molecule has 6 rings (SSSR count). The van der Waals surface area contributed by atoms with Crippen molar-refractivity contribution in [3.8, 4) is 22.3 Å². The van der Waals surface area contributed by atoms with E-state index in [1.165, 1.54) is 95.1 Å². The van der Waals surface area contributed by atoms with Gasteiger partial charge in [0.15, 0.2) is 0 Å². The van der Waals surface area contributed by atoms with Crippen molar-refractivity contribution in [1.82, 2.24) is 0 Å². The first kappa shape index (κ1) is 33.4. The number of aryl methyl sites for hydroxylation is 2. The second kappa shape index (κ2) is 13.9. The predicted molar refractivity (Wildman–Crippen MR) is 203 cm³/mol. The third kappa shape index (κ3) is 5.87. The first-order valence-corrected chi connectivity index (χ1v) is 36.7. The van der Waals surface area contributed by atoms with Gasteiger partial charge in [-0.2, -0.15) is 0 Å². The van der Waals surface area contributed by atoms with Crippen LogP contribution in [0.2, 0.25) is 21.4 Å². The van der Waals surface area contributed by atoms with Crippen LogP contribution in [0.5, 0.6) is 0 Å². The number of benzene rings is 4. The number of fused-ring (bicyclic) bond motifs is 2. The second-order valence-corrected chi connectivity index (χ2v) is 61.0. The van der Waals surface area contributed by atoms with Crippen molar-refractivity contribution in [2.45, 2.75) is 95.0 Å². The molecule has 4 aromatic carbocycles. The first-order chi connectivity index (χ1) is 22.3. The third-order valence-electron chi connectivity index (χ3n) is 11.9. The molecule has 2 unspecified atom stereocenters. The molecule has 0 bridgehead atoms. The topological polar surface area (TPSA) is 0 Å². The fourth-order valence-electron chi connectivity index (χ4n) is 9.17. The second-order valence-electron chi connectivity index (χ2n) is 15.0. The monoisotopic (exact) mass is 790 g/mol. The molecule has 4 aromatic rings. The third-order valence-corrected chi connectivity index (χ3v) is 68.0. The van der Waals surface area contributed by atoms with Crippen LogP contribution < -0.4 is 0 Å². The predicted octanol–water partition coefficient (Wildman–Crippen LogP) is 13.6. The maximum atomic E-state index is 2.96. The van der Waals surface area contributed by atoms with E-state index in [-0.39, 0.29) is 0 Å². The fraction of sp³-hybridized carbons (Fsp3) is 0.364. The minimum atomic E-state index is -3.94. The zero-order valence-electron chi connectivity index (χ0n) is 29.2. The molecule has 2 aliphatic rings. The van der Waals surface area contributed by atoms with Crippen LogP contribution in [0.25, 0.3) is 34.4 Å². The van der Waals surface area contributed by atoms with Gasteiger partial charge in [-0.05, 0) is 0 Å². The van der Waals surface area contributed by atoms with Crippen molar-refractivity contribution in [3.63, 3.8) is 0 Å². The Morgan fingerprint density at radius 1 is 0.522 bits per heavy atom. The van der Waals surface area contributed by atoms with Gasteiger partial charge in [0.2, 0.25) is 0 Å². The average Bonchev–Trinajstić information content (AvgIpc) is 3.71. The average molecular weight is 789 g/mol. The number of unbranched alkanes of at least 4 members (excludes halogenated alkanes) is 4. The number of hydrogen-bond acceptors (Lipinski definition) is 0. The van der Waals surface area contributed by atoms with Crippen LogP contribution in [-0.4, -0.2) is 5.49 Å². The first-order valence-electron chi connectivity index (χ1n) is 18.1. The van der Waals surface area contributed by atoms with Crippen molar-refractivity contribution >= 4 is 17.6 Å². The van der Waals surface area contributed by atoms with E-state index in [1.54, 1.807) is 11.1 Å². The molecule has 0 saturated carbocycles. The molecule has 46 heavy (non-hydrogen) atoms. The summed E-state index contributed by atoms with van der Waals surface area (Å²) < 4.78 is 7.07. The van der Waals surface area contributed by atoms with Crippen LogP contribution in [-0.2, 0) is 17.1 Å². The van der Waals surface area contributed by atoms with E-state index in [0.29, 0.717) is 7.35 Å². The molecule has 0 spiro atoms. The zero-order valence-corrected chi connectivity index (χ0v) is 33.8.